The Morgan fingerprint density at radius 1 is 1.65 bits per heavy atom. The van der Waals surface area contributed by atoms with Crippen LogP contribution in [0.5, 0.6) is 0 Å². The molecule has 2 N–H and O–H groups in total. The molecule has 3 rings (SSSR count). The maximum absolute atomic E-state index is 11.9. The molecule has 6 heteroatoms. The van der Waals surface area contributed by atoms with Gasteiger partial charge in [-0.1, -0.05) is 0 Å². The van der Waals surface area contributed by atoms with Crippen LogP contribution in [0.25, 0.3) is 0 Å². The predicted octanol–water partition coefficient (Wildman–Crippen LogP) is 1.08. The normalized spacial score (nSPS) is 17.2. The van der Waals surface area contributed by atoms with Crippen LogP contribution in [0, 0.1) is 17.2 Å². The SMILES string of the molecule is N#Cc1c[nH]c(C(=O)NC[C@@H]2CCc3nccn3C2)c1. The van der Waals surface area contributed by atoms with Crippen molar-refractivity contribution >= 4 is 5.91 Å². The summed E-state index contributed by atoms with van der Waals surface area (Å²) < 4.78 is 2.14. The molecular formula is C14H15N5O. The highest BCUT2D eigenvalue weighted by atomic mass is 16.1. The quantitative estimate of drug-likeness (QED) is 0.874. The molecule has 0 aliphatic carbocycles. The fourth-order valence-electron chi connectivity index (χ4n) is 2.53. The Bertz CT molecular complexity index is 663. The minimum atomic E-state index is -0.164. The highest BCUT2D eigenvalue weighted by Gasteiger charge is 2.19. The van der Waals surface area contributed by atoms with Gasteiger partial charge in [0.2, 0.25) is 0 Å². The van der Waals surface area contributed by atoms with Crippen LogP contribution in [-0.2, 0) is 13.0 Å². The lowest BCUT2D eigenvalue weighted by molar-refractivity contribution is 0.0939. The summed E-state index contributed by atoms with van der Waals surface area (Å²) in [7, 11) is 0. The van der Waals surface area contributed by atoms with Crippen LogP contribution in [0.1, 0.15) is 28.3 Å². The van der Waals surface area contributed by atoms with Crippen LogP contribution in [-0.4, -0.2) is 27.0 Å². The number of aromatic nitrogens is 3. The Morgan fingerprint density at radius 2 is 2.55 bits per heavy atom. The van der Waals surface area contributed by atoms with Gasteiger partial charge in [0.15, 0.2) is 0 Å². The molecule has 1 aliphatic rings. The number of carbonyl (C=O) groups is 1. The van der Waals surface area contributed by atoms with Crippen molar-refractivity contribution in [3.63, 3.8) is 0 Å². The Labute approximate surface area is 116 Å². The number of hydrogen-bond donors (Lipinski definition) is 2. The fourth-order valence-corrected chi connectivity index (χ4v) is 2.53. The predicted molar refractivity (Wildman–Crippen MR) is 71.9 cm³/mol. The van der Waals surface area contributed by atoms with Gasteiger partial charge in [0.25, 0.3) is 5.91 Å². The van der Waals surface area contributed by atoms with Gasteiger partial charge in [-0.25, -0.2) is 4.98 Å². The molecule has 0 saturated heterocycles. The van der Waals surface area contributed by atoms with Crippen molar-refractivity contribution in [3.8, 4) is 6.07 Å². The first-order valence-corrected chi connectivity index (χ1v) is 6.63. The molecular weight excluding hydrogens is 254 g/mol. The van der Waals surface area contributed by atoms with Gasteiger partial charge in [-0.15, -0.1) is 0 Å². The molecule has 1 amide bonds. The molecule has 102 valence electrons. The molecule has 0 radical (unpaired) electrons. The van der Waals surface area contributed by atoms with E-state index in [1.54, 1.807) is 6.07 Å². The van der Waals surface area contributed by atoms with Gasteiger partial charge in [-0.2, -0.15) is 5.26 Å². The van der Waals surface area contributed by atoms with Crippen LogP contribution in [0.15, 0.2) is 24.7 Å². The van der Waals surface area contributed by atoms with E-state index < -0.39 is 0 Å². The van der Waals surface area contributed by atoms with Gasteiger partial charge in [-0.05, 0) is 18.4 Å². The third-order valence-corrected chi connectivity index (χ3v) is 3.64. The van der Waals surface area contributed by atoms with E-state index in [0.29, 0.717) is 23.7 Å². The lowest BCUT2D eigenvalue weighted by atomic mass is 9.99. The largest absolute Gasteiger partial charge is 0.356 e. The molecule has 0 spiro atoms. The second-order valence-corrected chi connectivity index (χ2v) is 5.02. The zero-order valence-electron chi connectivity index (χ0n) is 11.0. The van der Waals surface area contributed by atoms with E-state index in [-0.39, 0.29) is 5.91 Å². The van der Waals surface area contributed by atoms with Crippen molar-refractivity contribution < 1.29 is 4.79 Å². The number of hydrogen-bond acceptors (Lipinski definition) is 3. The average molecular weight is 269 g/mol. The minimum absolute atomic E-state index is 0.164. The number of nitrogens with one attached hydrogen (secondary N) is 2. The topological polar surface area (TPSA) is 86.5 Å². The smallest absolute Gasteiger partial charge is 0.267 e. The number of nitriles is 1. The van der Waals surface area contributed by atoms with Crippen LogP contribution in [0.4, 0.5) is 0 Å². The summed E-state index contributed by atoms with van der Waals surface area (Å²) in [5.41, 5.74) is 0.900. The Morgan fingerprint density at radius 3 is 3.35 bits per heavy atom. The van der Waals surface area contributed by atoms with E-state index in [1.165, 1.54) is 6.20 Å². The van der Waals surface area contributed by atoms with Crippen molar-refractivity contribution in [3.05, 3.63) is 41.7 Å². The van der Waals surface area contributed by atoms with Crippen LogP contribution >= 0.6 is 0 Å². The first kappa shape index (κ1) is 12.5. The number of carbonyl (C=O) groups excluding carboxylic acids is 1. The molecule has 0 aromatic carbocycles. The lowest BCUT2D eigenvalue weighted by Gasteiger charge is -2.23. The van der Waals surface area contributed by atoms with Gasteiger partial charge >= 0.3 is 0 Å². The second kappa shape index (κ2) is 5.21. The van der Waals surface area contributed by atoms with Gasteiger partial charge in [0, 0.05) is 38.1 Å². The number of fused-ring (bicyclic) bond motifs is 1. The van der Waals surface area contributed by atoms with Gasteiger partial charge in [0.1, 0.15) is 17.6 Å². The molecule has 1 aliphatic heterocycles. The highest BCUT2D eigenvalue weighted by Crippen LogP contribution is 2.18. The first-order valence-electron chi connectivity index (χ1n) is 6.63. The Hall–Kier alpha value is -2.55. The molecule has 2 aromatic rings. The number of rotatable bonds is 3. The molecule has 2 aromatic heterocycles. The Balaban J connectivity index is 1.55. The maximum atomic E-state index is 11.9. The summed E-state index contributed by atoms with van der Waals surface area (Å²) in [6.07, 6.45) is 7.32. The highest BCUT2D eigenvalue weighted by molar-refractivity contribution is 5.92. The fraction of sp³-hybridized carbons (Fsp3) is 0.357. The van der Waals surface area contributed by atoms with Crippen molar-refractivity contribution in [2.24, 2.45) is 5.92 Å². The van der Waals surface area contributed by atoms with E-state index in [2.05, 4.69) is 19.9 Å². The summed E-state index contributed by atoms with van der Waals surface area (Å²) in [6, 6.07) is 3.55. The van der Waals surface area contributed by atoms with Crippen molar-refractivity contribution in [1.29, 1.82) is 5.26 Å². The molecule has 0 saturated carbocycles. The zero-order chi connectivity index (χ0) is 13.9. The van der Waals surface area contributed by atoms with Crippen molar-refractivity contribution in [1.82, 2.24) is 19.9 Å². The molecule has 1 atom stereocenters. The third-order valence-electron chi connectivity index (χ3n) is 3.64. The summed E-state index contributed by atoms with van der Waals surface area (Å²) in [4.78, 5) is 19.0. The number of imidazole rings is 1. The molecule has 0 unspecified atom stereocenters. The van der Waals surface area contributed by atoms with E-state index in [4.69, 9.17) is 5.26 Å². The van der Waals surface area contributed by atoms with Gasteiger partial charge in [0.05, 0.1) is 5.56 Å². The summed E-state index contributed by atoms with van der Waals surface area (Å²) in [5, 5.41) is 11.6. The zero-order valence-corrected chi connectivity index (χ0v) is 11.0. The molecule has 0 fully saturated rings. The monoisotopic (exact) mass is 269 g/mol. The van der Waals surface area contributed by atoms with Crippen molar-refractivity contribution in [2.45, 2.75) is 19.4 Å². The standard InChI is InChI=1S/C14H15N5O/c15-6-11-5-12(17-8-11)14(20)18-7-10-1-2-13-16-3-4-19(13)9-10/h3-5,8,10,17H,1-2,7,9H2,(H,18,20)/t10-/m0/s1. The number of H-pyrrole nitrogens is 1. The van der Waals surface area contributed by atoms with E-state index in [0.717, 1.165) is 25.2 Å². The number of amides is 1. The Kier molecular flexibility index (Phi) is 3.25. The third kappa shape index (κ3) is 2.43. The van der Waals surface area contributed by atoms with Gasteiger partial charge in [-0.3, -0.25) is 4.79 Å². The molecule has 3 heterocycles. The number of nitrogens with zero attached hydrogens (tertiary/aromatic N) is 3. The summed E-state index contributed by atoms with van der Waals surface area (Å²) in [6.45, 7) is 1.53. The van der Waals surface area contributed by atoms with E-state index in [1.807, 2.05) is 18.5 Å². The van der Waals surface area contributed by atoms with Crippen molar-refractivity contribution in [2.75, 3.05) is 6.54 Å². The van der Waals surface area contributed by atoms with E-state index in [9.17, 15) is 4.79 Å². The first-order chi connectivity index (χ1) is 9.76. The number of aryl methyl sites for hydroxylation is 1. The number of aromatic amines is 1. The lowest BCUT2D eigenvalue weighted by Crippen LogP contribution is -2.33. The second-order valence-electron chi connectivity index (χ2n) is 5.02. The average Bonchev–Trinajstić information content (AvgIpc) is 3.12. The maximum Gasteiger partial charge on any atom is 0.267 e. The van der Waals surface area contributed by atoms with Crippen LogP contribution in [0.2, 0.25) is 0 Å². The van der Waals surface area contributed by atoms with E-state index >= 15 is 0 Å². The minimum Gasteiger partial charge on any atom is -0.356 e. The van der Waals surface area contributed by atoms with Crippen LogP contribution < -0.4 is 5.32 Å². The van der Waals surface area contributed by atoms with Gasteiger partial charge < -0.3 is 14.9 Å². The molecule has 20 heavy (non-hydrogen) atoms. The summed E-state index contributed by atoms with van der Waals surface area (Å²) in [5.74, 6) is 1.38. The van der Waals surface area contributed by atoms with Crippen LogP contribution in [0.3, 0.4) is 0 Å². The molecule has 0 bridgehead atoms. The summed E-state index contributed by atoms with van der Waals surface area (Å²) >= 11 is 0. The molecule has 6 nitrogen and oxygen atoms in total.